The Morgan fingerprint density at radius 1 is 0.714 bits per heavy atom. The van der Waals surface area contributed by atoms with Gasteiger partial charge >= 0.3 is 17.1 Å². The van der Waals surface area contributed by atoms with E-state index in [2.05, 4.69) is 62.3 Å². The molecule has 0 unspecified atom stereocenters. The Labute approximate surface area is 140 Å². The van der Waals surface area contributed by atoms with Crippen molar-refractivity contribution >= 4 is 0 Å². The monoisotopic (exact) mass is 323 g/mol. The maximum absolute atomic E-state index is 3.16. The number of rotatable bonds is 4. The standard InChI is InChI=1S/2C9H12N.Mn/c2*1-10(2)8-9-6-4-3-5-7-9;/h2*3-6H,8H2,1-2H3;/q2*-1;+2. The van der Waals surface area contributed by atoms with Gasteiger partial charge in [-0.2, -0.15) is 60.7 Å². The molecule has 0 atom stereocenters. The van der Waals surface area contributed by atoms with E-state index in [1.54, 1.807) is 0 Å². The average Bonchev–Trinajstić information content (AvgIpc) is 2.40. The average molecular weight is 323 g/mol. The zero-order valence-electron chi connectivity index (χ0n) is 13.3. The van der Waals surface area contributed by atoms with Crippen LogP contribution in [-0.4, -0.2) is 38.0 Å². The van der Waals surface area contributed by atoms with Crippen molar-refractivity contribution in [2.24, 2.45) is 0 Å². The first-order valence-electron chi connectivity index (χ1n) is 6.78. The molecule has 0 aliphatic carbocycles. The summed E-state index contributed by atoms with van der Waals surface area (Å²) < 4.78 is 0. The Bertz CT molecular complexity index is 410. The van der Waals surface area contributed by atoms with E-state index in [-0.39, 0.29) is 17.1 Å². The van der Waals surface area contributed by atoms with Crippen LogP contribution in [0.4, 0.5) is 0 Å². The molecule has 113 valence electrons. The van der Waals surface area contributed by atoms with Crippen molar-refractivity contribution in [3.63, 3.8) is 0 Å². The third kappa shape index (κ3) is 10.3. The Hall–Kier alpha value is -1.12. The van der Waals surface area contributed by atoms with E-state index in [1.165, 1.54) is 11.1 Å². The Morgan fingerprint density at radius 3 is 1.33 bits per heavy atom. The van der Waals surface area contributed by atoms with Crippen molar-refractivity contribution < 1.29 is 17.1 Å². The van der Waals surface area contributed by atoms with E-state index < -0.39 is 0 Å². The molecule has 0 aliphatic heterocycles. The first-order chi connectivity index (χ1) is 9.58. The number of hydrogen-bond acceptors (Lipinski definition) is 2. The van der Waals surface area contributed by atoms with E-state index in [0.717, 1.165) is 13.1 Å². The Balaban J connectivity index is 0.000000364. The van der Waals surface area contributed by atoms with Gasteiger partial charge in [-0.3, -0.25) is 0 Å². The summed E-state index contributed by atoms with van der Waals surface area (Å²) in [6.07, 6.45) is 0. The van der Waals surface area contributed by atoms with E-state index in [4.69, 9.17) is 0 Å². The normalized spacial score (nSPS) is 9.81. The molecule has 2 aromatic carbocycles. The maximum atomic E-state index is 3.16. The predicted octanol–water partition coefficient (Wildman–Crippen LogP) is 3.09. The van der Waals surface area contributed by atoms with Gasteiger partial charge in [0.25, 0.3) is 0 Å². The van der Waals surface area contributed by atoms with Crippen LogP contribution in [0.3, 0.4) is 0 Å². The molecule has 0 saturated heterocycles. The van der Waals surface area contributed by atoms with Crippen LogP contribution in [0.5, 0.6) is 0 Å². The molecule has 0 saturated carbocycles. The molecule has 0 aliphatic rings. The topological polar surface area (TPSA) is 6.48 Å². The first kappa shape index (κ1) is 19.9. The Morgan fingerprint density at radius 2 is 1.10 bits per heavy atom. The molecule has 0 aromatic heterocycles. The van der Waals surface area contributed by atoms with Crippen molar-refractivity contribution in [2.45, 2.75) is 13.1 Å². The summed E-state index contributed by atoms with van der Waals surface area (Å²) in [7, 11) is 8.23. The van der Waals surface area contributed by atoms with Crippen molar-refractivity contribution in [1.29, 1.82) is 0 Å². The molecular formula is C18H24MnN2. The fourth-order valence-electron chi connectivity index (χ4n) is 1.74. The minimum atomic E-state index is 0. The summed E-state index contributed by atoms with van der Waals surface area (Å²) in [6.45, 7) is 1.95. The van der Waals surface area contributed by atoms with Gasteiger partial charge in [0.2, 0.25) is 0 Å². The van der Waals surface area contributed by atoms with Crippen molar-refractivity contribution in [1.82, 2.24) is 9.80 Å². The number of benzene rings is 2. The fraction of sp³-hybridized carbons (Fsp3) is 0.333. The second kappa shape index (κ2) is 11.5. The second-order valence-electron chi connectivity index (χ2n) is 5.25. The van der Waals surface area contributed by atoms with Crippen LogP contribution in [0.1, 0.15) is 11.1 Å². The minimum absolute atomic E-state index is 0. The fourth-order valence-corrected chi connectivity index (χ4v) is 1.74. The van der Waals surface area contributed by atoms with Gasteiger partial charge in [-0.25, -0.2) is 0 Å². The van der Waals surface area contributed by atoms with Crippen molar-refractivity contribution in [2.75, 3.05) is 28.2 Å². The van der Waals surface area contributed by atoms with Gasteiger partial charge < -0.3 is 9.80 Å². The Kier molecular flexibility index (Phi) is 10.9. The molecular weight excluding hydrogens is 299 g/mol. The van der Waals surface area contributed by atoms with E-state index in [1.807, 2.05) is 36.4 Å². The molecule has 1 radical (unpaired) electrons. The van der Waals surface area contributed by atoms with Gasteiger partial charge in [0.05, 0.1) is 0 Å². The van der Waals surface area contributed by atoms with Gasteiger partial charge in [-0.1, -0.05) is 0 Å². The zero-order valence-corrected chi connectivity index (χ0v) is 14.5. The van der Waals surface area contributed by atoms with Crippen LogP contribution in [0, 0.1) is 12.1 Å². The third-order valence-corrected chi connectivity index (χ3v) is 2.52. The zero-order chi connectivity index (χ0) is 14.8. The minimum Gasteiger partial charge on any atom is -0.307 e. The predicted molar refractivity (Wildman–Crippen MR) is 85.3 cm³/mol. The largest absolute Gasteiger partial charge is 2.00 e. The quantitative estimate of drug-likeness (QED) is 0.630. The molecule has 3 heteroatoms. The maximum Gasteiger partial charge on any atom is 2.00 e. The summed E-state index contributed by atoms with van der Waals surface area (Å²) in [5.41, 5.74) is 2.49. The molecule has 2 rings (SSSR count). The molecule has 0 N–H and O–H groups in total. The van der Waals surface area contributed by atoms with E-state index >= 15 is 0 Å². The molecule has 0 amide bonds. The van der Waals surface area contributed by atoms with Crippen LogP contribution >= 0.6 is 0 Å². The molecule has 0 heterocycles. The van der Waals surface area contributed by atoms with Crippen LogP contribution < -0.4 is 0 Å². The van der Waals surface area contributed by atoms with Gasteiger partial charge in [0, 0.05) is 13.1 Å². The third-order valence-electron chi connectivity index (χ3n) is 2.52. The van der Waals surface area contributed by atoms with Crippen LogP contribution in [-0.2, 0) is 30.2 Å². The summed E-state index contributed by atoms with van der Waals surface area (Å²) in [4.78, 5) is 4.26. The van der Waals surface area contributed by atoms with E-state index in [0.29, 0.717) is 0 Å². The van der Waals surface area contributed by atoms with Crippen molar-refractivity contribution in [3.05, 3.63) is 71.8 Å². The molecule has 2 aromatic rings. The van der Waals surface area contributed by atoms with Gasteiger partial charge in [-0.15, -0.1) is 11.1 Å². The van der Waals surface area contributed by atoms with Crippen LogP contribution in [0.2, 0.25) is 0 Å². The van der Waals surface area contributed by atoms with E-state index in [9.17, 15) is 0 Å². The smallest absolute Gasteiger partial charge is 0.307 e. The van der Waals surface area contributed by atoms with Crippen LogP contribution in [0.15, 0.2) is 48.5 Å². The summed E-state index contributed by atoms with van der Waals surface area (Å²) >= 11 is 0. The summed E-state index contributed by atoms with van der Waals surface area (Å²) in [5.74, 6) is 0. The SMILES string of the molecule is CN(C)Cc1[c-]cccc1.CN(C)Cc1[c-]cccc1.[Mn+2]. The molecule has 0 fully saturated rings. The molecule has 0 bridgehead atoms. The van der Waals surface area contributed by atoms with Gasteiger partial charge in [-0.05, 0) is 28.2 Å². The van der Waals surface area contributed by atoms with Gasteiger partial charge in [0.1, 0.15) is 0 Å². The number of hydrogen-bond donors (Lipinski definition) is 0. The number of nitrogens with zero attached hydrogens (tertiary/aromatic N) is 2. The second-order valence-corrected chi connectivity index (χ2v) is 5.25. The van der Waals surface area contributed by atoms with Crippen molar-refractivity contribution in [3.8, 4) is 0 Å². The van der Waals surface area contributed by atoms with Gasteiger partial charge in [0.15, 0.2) is 0 Å². The summed E-state index contributed by atoms with van der Waals surface area (Å²) in [5, 5.41) is 0. The molecule has 0 spiro atoms. The first-order valence-corrected chi connectivity index (χ1v) is 6.78. The van der Waals surface area contributed by atoms with Crippen LogP contribution in [0.25, 0.3) is 0 Å². The molecule has 2 nitrogen and oxygen atoms in total. The molecule has 21 heavy (non-hydrogen) atoms. The summed E-state index contributed by atoms with van der Waals surface area (Å²) in [6, 6.07) is 22.4.